The number of anilines is 1. The highest BCUT2D eigenvalue weighted by molar-refractivity contribution is 7.22. The minimum absolute atomic E-state index is 0.191. The van der Waals surface area contributed by atoms with Gasteiger partial charge in [-0.15, -0.1) is 0 Å². The van der Waals surface area contributed by atoms with Crippen molar-refractivity contribution >= 4 is 38.3 Å². The first-order valence-corrected chi connectivity index (χ1v) is 7.34. The number of nitrogens with zero attached hydrogens (tertiary/aromatic N) is 2. The third-order valence-corrected chi connectivity index (χ3v) is 4.13. The maximum atomic E-state index is 12.1. The number of para-hydroxylation sites is 1. The third-order valence-electron chi connectivity index (χ3n) is 3.17. The summed E-state index contributed by atoms with van der Waals surface area (Å²) in [4.78, 5) is 21.7. The molecule has 1 aliphatic rings. The molecule has 1 unspecified atom stereocenters. The fourth-order valence-electron chi connectivity index (χ4n) is 1.99. The molecule has 0 saturated carbocycles. The summed E-state index contributed by atoms with van der Waals surface area (Å²) in [5, 5.41) is 7.36. The average Bonchev–Trinajstić information content (AvgIpc) is 3.04. The smallest absolute Gasteiger partial charge is 0.270 e. The van der Waals surface area contributed by atoms with Gasteiger partial charge in [-0.3, -0.25) is 10.1 Å². The number of hydrogen-bond donors (Lipinski definition) is 1. The maximum absolute atomic E-state index is 12.1. The van der Waals surface area contributed by atoms with Crippen molar-refractivity contribution in [3.8, 4) is 0 Å². The Balaban J connectivity index is 1.68. The van der Waals surface area contributed by atoms with E-state index in [2.05, 4.69) is 15.5 Å². The van der Waals surface area contributed by atoms with Gasteiger partial charge in [-0.2, -0.15) is 0 Å². The third kappa shape index (κ3) is 2.51. The van der Waals surface area contributed by atoms with Gasteiger partial charge in [0.25, 0.3) is 5.91 Å². The molecule has 1 aliphatic heterocycles. The van der Waals surface area contributed by atoms with Crippen LogP contribution in [0, 0.1) is 5.92 Å². The summed E-state index contributed by atoms with van der Waals surface area (Å²) < 4.78 is 1.05. The van der Waals surface area contributed by atoms with Crippen molar-refractivity contribution < 1.29 is 9.63 Å². The van der Waals surface area contributed by atoms with Gasteiger partial charge in [0, 0.05) is 6.42 Å². The molecule has 1 aromatic heterocycles. The maximum Gasteiger partial charge on any atom is 0.270 e. The van der Waals surface area contributed by atoms with E-state index in [1.807, 2.05) is 38.1 Å². The number of aromatic nitrogens is 1. The van der Waals surface area contributed by atoms with Crippen molar-refractivity contribution in [3.63, 3.8) is 0 Å². The van der Waals surface area contributed by atoms with Crippen LogP contribution in [0.2, 0.25) is 0 Å². The van der Waals surface area contributed by atoms with E-state index in [0.717, 1.165) is 15.9 Å². The number of nitrogens with one attached hydrogen (secondary N) is 1. The standard InChI is InChI=1S/C14H15N3O2S/c1-8(2)10-7-11(19-17-10)13(18)16-14-15-9-5-3-4-6-12(9)20-14/h3-6,8,11H,7H2,1-2H3,(H,15,16,18). The highest BCUT2D eigenvalue weighted by Crippen LogP contribution is 2.26. The molecule has 20 heavy (non-hydrogen) atoms. The first kappa shape index (κ1) is 13.1. The zero-order valence-corrected chi connectivity index (χ0v) is 12.1. The topological polar surface area (TPSA) is 63.6 Å². The number of hydrogen-bond acceptors (Lipinski definition) is 5. The molecule has 0 bridgehead atoms. The Kier molecular flexibility index (Phi) is 3.40. The summed E-state index contributed by atoms with van der Waals surface area (Å²) in [5.41, 5.74) is 1.81. The Labute approximate surface area is 120 Å². The van der Waals surface area contributed by atoms with Crippen LogP contribution in [-0.2, 0) is 9.63 Å². The number of fused-ring (bicyclic) bond motifs is 1. The van der Waals surface area contributed by atoms with Crippen LogP contribution in [0.25, 0.3) is 10.2 Å². The molecule has 1 amide bonds. The van der Waals surface area contributed by atoms with Gasteiger partial charge in [0.05, 0.1) is 15.9 Å². The first-order valence-electron chi connectivity index (χ1n) is 6.52. The van der Waals surface area contributed by atoms with Gasteiger partial charge in [0.2, 0.25) is 6.10 Å². The molecule has 0 saturated heterocycles. The first-order chi connectivity index (χ1) is 9.63. The number of amides is 1. The Morgan fingerprint density at radius 1 is 1.45 bits per heavy atom. The minimum atomic E-state index is -0.542. The Hall–Kier alpha value is -1.95. The molecule has 0 radical (unpaired) electrons. The lowest BCUT2D eigenvalue weighted by molar-refractivity contribution is -0.125. The molecule has 1 N–H and O–H groups in total. The summed E-state index contributed by atoms with van der Waals surface area (Å²) in [6.45, 7) is 4.08. The molecule has 1 atom stereocenters. The fraction of sp³-hybridized carbons (Fsp3) is 0.357. The number of carbonyl (C=O) groups excluding carboxylic acids is 1. The molecule has 0 fully saturated rings. The second-order valence-electron chi connectivity index (χ2n) is 5.01. The van der Waals surface area contributed by atoms with Crippen LogP contribution in [0.15, 0.2) is 29.4 Å². The predicted molar refractivity (Wildman–Crippen MR) is 80.0 cm³/mol. The van der Waals surface area contributed by atoms with Gasteiger partial charge in [-0.25, -0.2) is 4.98 Å². The molecule has 2 heterocycles. The summed E-state index contributed by atoms with van der Waals surface area (Å²) >= 11 is 1.46. The van der Waals surface area contributed by atoms with Crippen LogP contribution < -0.4 is 5.32 Å². The van der Waals surface area contributed by atoms with E-state index in [4.69, 9.17) is 4.84 Å². The Morgan fingerprint density at radius 2 is 2.25 bits per heavy atom. The van der Waals surface area contributed by atoms with E-state index in [9.17, 15) is 4.79 Å². The zero-order chi connectivity index (χ0) is 14.1. The van der Waals surface area contributed by atoms with Crippen molar-refractivity contribution in [2.24, 2.45) is 11.1 Å². The predicted octanol–water partition coefficient (Wildman–Crippen LogP) is 3.04. The van der Waals surface area contributed by atoms with E-state index < -0.39 is 6.10 Å². The van der Waals surface area contributed by atoms with Gasteiger partial charge in [0.15, 0.2) is 5.13 Å². The molecule has 1 aromatic carbocycles. The molecule has 0 aliphatic carbocycles. The lowest BCUT2D eigenvalue weighted by Gasteiger charge is -2.07. The molecule has 0 spiro atoms. The summed E-state index contributed by atoms with van der Waals surface area (Å²) in [5.74, 6) is 0.110. The van der Waals surface area contributed by atoms with E-state index in [1.54, 1.807) is 0 Å². The minimum Gasteiger partial charge on any atom is -0.382 e. The second-order valence-corrected chi connectivity index (χ2v) is 6.04. The molecule has 6 heteroatoms. The zero-order valence-electron chi connectivity index (χ0n) is 11.3. The van der Waals surface area contributed by atoms with Crippen molar-refractivity contribution in [2.75, 3.05) is 5.32 Å². The lowest BCUT2D eigenvalue weighted by atomic mass is 10.0. The van der Waals surface area contributed by atoms with Crippen molar-refractivity contribution in [1.82, 2.24) is 4.98 Å². The van der Waals surface area contributed by atoms with Crippen molar-refractivity contribution in [3.05, 3.63) is 24.3 Å². The van der Waals surface area contributed by atoms with Crippen molar-refractivity contribution in [1.29, 1.82) is 0 Å². The van der Waals surface area contributed by atoms with Crippen LogP contribution in [0.3, 0.4) is 0 Å². The van der Waals surface area contributed by atoms with Gasteiger partial charge < -0.3 is 4.84 Å². The molecule has 2 aromatic rings. The summed E-state index contributed by atoms with van der Waals surface area (Å²) in [7, 11) is 0. The van der Waals surface area contributed by atoms with Crippen LogP contribution in [0.1, 0.15) is 20.3 Å². The number of thiazole rings is 1. The number of oxime groups is 1. The number of rotatable bonds is 3. The average molecular weight is 289 g/mol. The fourth-order valence-corrected chi connectivity index (χ4v) is 2.86. The van der Waals surface area contributed by atoms with E-state index in [1.165, 1.54) is 11.3 Å². The molecule has 104 valence electrons. The lowest BCUT2D eigenvalue weighted by Crippen LogP contribution is -2.28. The SMILES string of the molecule is CC(C)C1=NOC(C(=O)Nc2nc3ccccc3s2)C1. The van der Waals surface area contributed by atoms with E-state index >= 15 is 0 Å². The summed E-state index contributed by atoms with van der Waals surface area (Å²) in [6.07, 6.45) is 0.00778. The van der Waals surface area contributed by atoms with E-state index in [0.29, 0.717) is 17.5 Å². The Bertz CT molecular complexity index is 645. The van der Waals surface area contributed by atoms with Crippen LogP contribution in [0.5, 0.6) is 0 Å². The van der Waals surface area contributed by atoms with Gasteiger partial charge >= 0.3 is 0 Å². The molecular weight excluding hydrogens is 274 g/mol. The Morgan fingerprint density at radius 3 is 2.95 bits per heavy atom. The normalized spacial score (nSPS) is 18.1. The molecular formula is C14H15N3O2S. The number of carbonyl (C=O) groups is 1. The highest BCUT2D eigenvalue weighted by Gasteiger charge is 2.29. The quantitative estimate of drug-likeness (QED) is 0.944. The highest BCUT2D eigenvalue weighted by atomic mass is 32.1. The monoisotopic (exact) mass is 289 g/mol. The molecule has 3 rings (SSSR count). The van der Waals surface area contributed by atoms with Crippen LogP contribution in [0.4, 0.5) is 5.13 Å². The van der Waals surface area contributed by atoms with E-state index in [-0.39, 0.29) is 5.91 Å². The largest absolute Gasteiger partial charge is 0.382 e. The van der Waals surface area contributed by atoms with Crippen LogP contribution >= 0.6 is 11.3 Å². The summed E-state index contributed by atoms with van der Waals surface area (Å²) in [6, 6.07) is 7.79. The second kappa shape index (κ2) is 5.20. The van der Waals surface area contributed by atoms with Gasteiger partial charge in [-0.1, -0.05) is 42.5 Å². The number of benzene rings is 1. The van der Waals surface area contributed by atoms with Gasteiger partial charge in [-0.05, 0) is 18.1 Å². The molecule has 5 nitrogen and oxygen atoms in total. The van der Waals surface area contributed by atoms with Gasteiger partial charge in [0.1, 0.15) is 0 Å². The van der Waals surface area contributed by atoms with Crippen LogP contribution in [-0.4, -0.2) is 22.7 Å². The van der Waals surface area contributed by atoms with Crippen molar-refractivity contribution in [2.45, 2.75) is 26.4 Å².